The fourth-order valence-corrected chi connectivity index (χ4v) is 1.05. The lowest BCUT2D eigenvalue weighted by atomic mass is 10.3. The first kappa shape index (κ1) is 17.6. The number of rotatable bonds is 3. The predicted octanol–water partition coefficient (Wildman–Crippen LogP) is 1.48. The van der Waals surface area contributed by atoms with Crippen molar-refractivity contribution in [2.24, 2.45) is 5.73 Å². The standard InChI is InChI=1S/C10H15N3O.2ClH/c1-3-13(2)10(14)9-6-4-5-8(7-11)12-9;;/h4-6H,3,7,11H2,1-2H3;2*1H. The van der Waals surface area contributed by atoms with Crippen molar-refractivity contribution < 1.29 is 4.79 Å². The summed E-state index contributed by atoms with van der Waals surface area (Å²) in [5.41, 5.74) is 6.63. The maximum Gasteiger partial charge on any atom is 0.272 e. The summed E-state index contributed by atoms with van der Waals surface area (Å²) in [6.07, 6.45) is 0. The highest BCUT2D eigenvalue weighted by atomic mass is 35.5. The molecule has 0 aliphatic rings. The van der Waals surface area contributed by atoms with E-state index in [0.717, 1.165) is 5.69 Å². The Balaban J connectivity index is 0. The molecule has 1 aromatic heterocycles. The van der Waals surface area contributed by atoms with Gasteiger partial charge in [0.05, 0.1) is 5.69 Å². The Kier molecular flexibility index (Phi) is 9.14. The van der Waals surface area contributed by atoms with Crippen molar-refractivity contribution in [3.63, 3.8) is 0 Å². The molecule has 1 heterocycles. The molecule has 0 saturated carbocycles. The highest BCUT2D eigenvalue weighted by Crippen LogP contribution is 2.02. The molecule has 0 fully saturated rings. The summed E-state index contributed by atoms with van der Waals surface area (Å²) >= 11 is 0. The molecule has 0 unspecified atom stereocenters. The first-order valence-corrected chi connectivity index (χ1v) is 4.60. The minimum absolute atomic E-state index is 0. The van der Waals surface area contributed by atoms with Crippen LogP contribution in [0.25, 0.3) is 0 Å². The Morgan fingerprint density at radius 3 is 2.56 bits per heavy atom. The van der Waals surface area contributed by atoms with Crippen LogP contribution in [-0.4, -0.2) is 29.4 Å². The van der Waals surface area contributed by atoms with Crippen LogP contribution in [0.2, 0.25) is 0 Å². The summed E-state index contributed by atoms with van der Waals surface area (Å²) in [6.45, 7) is 2.95. The van der Waals surface area contributed by atoms with Gasteiger partial charge >= 0.3 is 0 Å². The topological polar surface area (TPSA) is 59.2 Å². The van der Waals surface area contributed by atoms with E-state index >= 15 is 0 Å². The summed E-state index contributed by atoms with van der Waals surface area (Å²) < 4.78 is 0. The quantitative estimate of drug-likeness (QED) is 0.901. The fraction of sp³-hybridized carbons (Fsp3) is 0.400. The van der Waals surface area contributed by atoms with Crippen LogP contribution in [0, 0.1) is 0 Å². The first-order chi connectivity index (χ1) is 6.69. The van der Waals surface area contributed by atoms with Gasteiger partial charge in [-0.15, -0.1) is 24.8 Å². The SMILES string of the molecule is CCN(C)C(=O)c1cccc(CN)n1.Cl.Cl. The number of carbonyl (C=O) groups is 1. The zero-order valence-electron chi connectivity index (χ0n) is 9.34. The molecule has 0 aliphatic carbocycles. The van der Waals surface area contributed by atoms with Crippen LogP contribution < -0.4 is 5.73 Å². The van der Waals surface area contributed by atoms with Crippen molar-refractivity contribution in [2.75, 3.05) is 13.6 Å². The van der Waals surface area contributed by atoms with Crippen molar-refractivity contribution in [1.29, 1.82) is 0 Å². The van der Waals surface area contributed by atoms with Gasteiger partial charge < -0.3 is 10.6 Å². The van der Waals surface area contributed by atoms with Crippen molar-refractivity contribution in [3.05, 3.63) is 29.6 Å². The van der Waals surface area contributed by atoms with Gasteiger partial charge in [-0.3, -0.25) is 4.79 Å². The van der Waals surface area contributed by atoms with Crippen LogP contribution >= 0.6 is 24.8 Å². The van der Waals surface area contributed by atoms with E-state index in [-0.39, 0.29) is 30.7 Å². The van der Waals surface area contributed by atoms with Gasteiger partial charge in [-0.25, -0.2) is 4.98 Å². The van der Waals surface area contributed by atoms with Gasteiger partial charge in [-0.05, 0) is 19.1 Å². The van der Waals surface area contributed by atoms with Gasteiger partial charge in [0, 0.05) is 20.1 Å². The first-order valence-electron chi connectivity index (χ1n) is 4.60. The lowest BCUT2D eigenvalue weighted by Crippen LogP contribution is -2.27. The number of aromatic nitrogens is 1. The molecule has 0 spiro atoms. The van der Waals surface area contributed by atoms with Gasteiger partial charge in [0.1, 0.15) is 5.69 Å². The third-order valence-corrected chi connectivity index (χ3v) is 2.06. The van der Waals surface area contributed by atoms with Crippen molar-refractivity contribution in [1.82, 2.24) is 9.88 Å². The second-order valence-electron chi connectivity index (χ2n) is 3.04. The molecule has 4 nitrogen and oxygen atoms in total. The molecule has 16 heavy (non-hydrogen) atoms. The van der Waals surface area contributed by atoms with E-state index in [1.54, 1.807) is 24.1 Å². The Morgan fingerprint density at radius 2 is 2.06 bits per heavy atom. The van der Waals surface area contributed by atoms with Crippen LogP contribution in [0.5, 0.6) is 0 Å². The van der Waals surface area contributed by atoms with E-state index in [1.165, 1.54) is 0 Å². The average Bonchev–Trinajstić information content (AvgIpc) is 2.27. The smallest absolute Gasteiger partial charge is 0.272 e. The molecule has 0 aliphatic heterocycles. The van der Waals surface area contributed by atoms with E-state index in [9.17, 15) is 4.79 Å². The number of nitrogens with two attached hydrogens (primary N) is 1. The third kappa shape index (κ3) is 4.35. The lowest BCUT2D eigenvalue weighted by Gasteiger charge is -2.13. The number of halogens is 2. The average molecular weight is 266 g/mol. The van der Waals surface area contributed by atoms with Crippen LogP contribution in [0.15, 0.2) is 18.2 Å². The van der Waals surface area contributed by atoms with E-state index in [1.807, 2.05) is 13.0 Å². The maximum absolute atomic E-state index is 11.7. The molecule has 0 atom stereocenters. The molecule has 2 N–H and O–H groups in total. The molecule has 92 valence electrons. The Bertz CT molecular complexity index is 334. The molecule has 1 amide bonds. The fourth-order valence-electron chi connectivity index (χ4n) is 1.05. The van der Waals surface area contributed by atoms with E-state index in [2.05, 4.69) is 4.98 Å². The number of hydrogen-bond donors (Lipinski definition) is 1. The number of nitrogens with zero attached hydrogens (tertiary/aromatic N) is 2. The number of carbonyl (C=O) groups excluding carboxylic acids is 1. The molecule has 0 aromatic carbocycles. The number of pyridine rings is 1. The molecular weight excluding hydrogens is 249 g/mol. The summed E-state index contributed by atoms with van der Waals surface area (Å²) in [7, 11) is 1.75. The monoisotopic (exact) mass is 265 g/mol. The molecule has 1 rings (SSSR count). The minimum atomic E-state index is -0.0669. The lowest BCUT2D eigenvalue weighted by molar-refractivity contribution is 0.0796. The van der Waals surface area contributed by atoms with Crippen molar-refractivity contribution >= 4 is 30.7 Å². The summed E-state index contributed by atoms with van der Waals surface area (Å²) in [6, 6.07) is 5.31. The largest absolute Gasteiger partial charge is 0.341 e. The summed E-state index contributed by atoms with van der Waals surface area (Å²) in [4.78, 5) is 17.4. The van der Waals surface area contributed by atoms with Crippen LogP contribution in [0.3, 0.4) is 0 Å². The van der Waals surface area contributed by atoms with Gasteiger partial charge in [0.2, 0.25) is 0 Å². The molecule has 0 radical (unpaired) electrons. The van der Waals surface area contributed by atoms with Crippen LogP contribution in [-0.2, 0) is 6.54 Å². The molecule has 0 bridgehead atoms. The summed E-state index contributed by atoms with van der Waals surface area (Å²) in [5.74, 6) is -0.0669. The molecule has 0 saturated heterocycles. The van der Waals surface area contributed by atoms with E-state index < -0.39 is 0 Å². The number of hydrogen-bond acceptors (Lipinski definition) is 3. The minimum Gasteiger partial charge on any atom is -0.341 e. The second kappa shape index (κ2) is 8.33. The van der Waals surface area contributed by atoms with Crippen LogP contribution in [0.1, 0.15) is 23.1 Å². The number of amides is 1. The van der Waals surface area contributed by atoms with E-state index in [4.69, 9.17) is 5.73 Å². The normalized spacial score (nSPS) is 8.69. The Hall–Kier alpha value is -0.840. The predicted molar refractivity (Wildman–Crippen MR) is 69.3 cm³/mol. The zero-order chi connectivity index (χ0) is 10.6. The van der Waals surface area contributed by atoms with Crippen LogP contribution in [0.4, 0.5) is 0 Å². The molecule has 1 aromatic rings. The Morgan fingerprint density at radius 1 is 1.44 bits per heavy atom. The third-order valence-electron chi connectivity index (χ3n) is 2.06. The zero-order valence-corrected chi connectivity index (χ0v) is 11.0. The molecular formula is C10H17Cl2N3O. The van der Waals surface area contributed by atoms with Gasteiger partial charge in [-0.2, -0.15) is 0 Å². The summed E-state index contributed by atoms with van der Waals surface area (Å²) in [5, 5.41) is 0. The van der Waals surface area contributed by atoms with Gasteiger partial charge in [0.25, 0.3) is 5.91 Å². The maximum atomic E-state index is 11.7. The van der Waals surface area contributed by atoms with Gasteiger partial charge in [-0.1, -0.05) is 6.07 Å². The van der Waals surface area contributed by atoms with E-state index in [0.29, 0.717) is 18.8 Å². The molecule has 6 heteroatoms. The highest BCUT2D eigenvalue weighted by molar-refractivity contribution is 5.92. The van der Waals surface area contributed by atoms with Gasteiger partial charge in [0.15, 0.2) is 0 Å². The van der Waals surface area contributed by atoms with Crippen molar-refractivity contribution in [2.45, 2.75) is 13.5 Å². The Labute approximate surface area is 108 Å². The highest BCUT2D eigenvalue weighted by Gasteiger charge is 2.10. The second-order valence-corrected chi connectivity index (χ2v) is 3.04. The van der Waals surface area contributed by atoms with Crippen molar-refractivity contribution in [3.8, 4) is 0 Å².